The number of nitriles is 1. The van der Waals surface area contributed by atoms with Gasteiger partial charge in [-0.2, -0.15) is 5.26 Å². The van der Waals surface area contributed by atoms with Gasteiger partial charge in [0.25, 0.3) is 0 Å². The van der Waals surface area contributed by atoms with Gasteiger partial charge in [-0.1, -0.05) is 6.92 Å². The molecular weight excluding hydrogens is 318 g/mol. The number of nitrogens with zero attached hydrogens (tertiary/aromatic N) is 3. The van der Waals surface area contributed by atoms with E-state index in [0.29, 0.717) is 5.56 Å². The van der Waals surface area contributed by atoms with Gasteiger partial charge in [0.15, 0.2) is 0 Å². The molecule has 4 heterocycles. The van der Waals surface area contributed by atoms with Crippen LogP contribution in [0.2, 0.25) is 0 Å². The number of phenolic OH excluding ortho intramolecular Hbond substituents is 1. The maximum atomic E-state index is 9.48. The van der Waals surface area contributed by atoms with Gasteiger partial charge < -0.3 is 10.0 Å². The minimum Gasteiger partial charge on any atom is -0.508 e. The monoisotopic (exact) mass is 341 g/mol. The largest absolute Gasteiger partial charge is 0.508 e. The van der Waals surface area contributed by atoms with Crippen LogP contribution in [-0.2, 0) is 6.42 Å². The number of piperidine rings is 3. The van der Waals surface area contributed by atoms with E-state index in [0.717, 1.165) is 22.9 Å². The van der Waals surface area contributed by atoms with Crippen LogP contribution in [0.3, 0.4) is 0 Å². The highest BCUT2D eigenvalue weighted by molar-refractivity contribution is 7.15. The summed E-state index contributed by atoms with van der Waals surface area (Å²) in [5.74, 6) is 1.21. The van der Waals surface area contributed by atoms with Crippen molar-refractivity contribution < 1.29 is 5.11 Å². The Morgan fingerprint density at radius 2 is 1.96 bits per heavy atom. The number of phenols is 1. The molecule has 1 aromatic carbocycles. The molecule has 3 fully saturated rings. The normalized spacial score (nSPS) is 21.7. The van der Waals surface area contributed by atoms with Crippen molar-refractivity contribution in [1.82, 2.24) is 9.88 Å². The number of thiazole rings is 1. The topological polar surface area (TPSA) is 60.1 Å². The van der Waals surface area contributed by atoms with Gasteiger partial charge in [0, 0.05) is 16.6 Å². The van der Waals surface area contributed by atoms with Gasteiger partial charge in [0.2, 0.25) is 0 Å². The van der Waals surface area contributed by atoms with Crippen LogP contribution in [0.15, 0.2) is 24.4 Å². The van der Waals surface area contributed by atoms with E-state index in [2.05, 4.69) is 16.8 Å². The zero-order chi connectivity index (χ0) is 16.9. The third-order valence-corrected chi connectivity index (χ3v) is 5.95. The molecule has 0 saturated carbocycles. The van der Waals surface area contributed by atoms with E-state index in [1.165, 1.54) is 49.8 Å². The highest BCUT2D eigenvalue weighted by Gasteiger charge is 2.24. The van der Waals surface area contributed by atoms with Gasteiger partial charge >= 0.3 is 0 Å². The van der Waals surface area contributed by atoms with Gasteiger partial charge in [0.1, 0.15) is 10.8 Å². The Balaban J connectivity index is 0.000000175. The molecule has 0 spiro atoms. The summed E-state index contributed by atoms with van der Waals surface area (Å²) in [6.45, 7) is 6.25. The molecular formula is C19H23N3OS. The molecule has 0 radical (unpaired) electrons. The van der Waals surface area contributed by atoms with E-state index in [1.807, 2.05) is 12.3 Å². The Hall–Kier alpha value is -1.90. The summed E-state index contributed by atoms with van der Waals surface area (Å²) in [7, 11) is 0. The minimum absolute atomic E-state index is 0.0994. The summed E-state index contributed by atoms with van der Waals surface area (Å²) in [6, 6.07) is 6.82. The lowest BCUT2D eigenvalue weighted by molar-refractivity contribution is 0.111. The van der Waals surface area contributed by atoms with Crippen LogP contribution in [-0.4, -0.2) is 34.6 Å². The molecule has 3 aliphatic heterocycles. The second-order valence-electron chi connectivity index (χ2n) is 6.44. The molecule has 2 aromatic rings. The van der Waals surface area contributed by atoms with Crippen molar-refractivity contribution in [2.24, 2.45) is 5.92 Å². The predicted molar refractivity (Wildman–Crippen MR) is 97.1 cm³/mol. The average Bonchev–Trinajstić information content (AvgIpc) is 3.13. The van der Waals surface area contributed by atoms with E-state index in [1.54, 1.807) is 23.5 Å². The second kappa shape index (κ2) is 7.78. The molecule has 2 bridgehead atoms. The number of hydrogen-bond donors (Lipinski definition) is 1. The fraction of sp³-hybridized carbons (Fsp3) is 0.474. The van der Waals surface area contributed by atoms with E-state index >= 15 is 0 Å². The van der Waals surface area contributed by atoms with Gasteiger partial charge in [-0.3, -0.25) is 0 Å². The van der Waals surface area contributed by atoms with Crippen molar-refractivity contribution >= 4 is 11.3 Å². The molecule has 0 aliphatic carbocycles. The Morgan fingerprint density at radius 3 is 2.42 bits per heavy atom. The molecule has 126 valence electrons. The molecule has 24 heavy (non-hydrogen) atoms. The Bertz CT molecular complexity index is 703. The van der Waals surface area contributed by atoms with Crippen LogP contribution < -0.4 is 0 Å². The zero-order valence-corrected chi connectivity index (χ0v) is 14.9. The molecule has 4 nitrogen and oxygen atoms in total. The van der Waals surface area contributed by atoms with Crippen LogP contribution >= 0.6 is 11.3 Å². The van der Waals surface area contributed by atoms with Crippen molar-refractivity contribution in [3.63, 3.8) is 0 Å². The number of aromatic hydroxyl groups is 1. The zero-order valence-electron chi connectivity index (χ0n) is 14.0. The van der Waals surface area contributed by atoms with E-state index in [4.69, 9.17) is 5.26 Å². The van der Waals surface area contributed by atoms with Crippen molar-refractivity contribution in [1.29, 1.82) is 5.26 Å². The first-order chi connectivity index (χ1) is 11.7. The van der Waals surface area contributed by atoms with E-state index in [-0.39, 0.29) is 5.75 Å². The fourth-order valence-corrected chi connectivity index (χ4v) is 4.11. The molecule has 1 aromatic heterocycles. The molecule has 0 amide bonds. The van der Waals surface area contributed by atoms with Crippen LogP contribution in [0.1, 0.15) is 36.6 Å². The third-order valence-electron chi connectivity index (χ3n) is 4.76. The lowest BCUT2D eigenvalue weighted by Crippen LogP contribution is -2.41. The Morgan fingerprint density at radius 1 is 1.25 bits per heavy atom. The standard InChI is InChI=1S/C12H10N2OS.C7H13N/c1-2-11-7-14-12(16-11)9-3-8(6-13)4-10(15)5-9;1-4-8-5-2-7(1)3-6-8/h3-5,7,15H,2H2,1H3;7H,1-6H2. The molecule has 5 heteroatoms. The van der Waals surface area contributed by atoms with Crippen molar-refractivity contribution in [3.8, 4) is 22.4 Å². The summed E-state index contributed by atoms with van der Waals surface area (Å²) in [6.07, 6.45) is 7.23. The molecule has 1 N–H and O–H groups in total. The first kappa shape index (κ1) is 16.9. The Kier molecular flexibility index (Phi) is 5.49. The highest BCUT2D eigenvalue weighted by atomic mass is 32.1. The molecule has 0 atom stereocenters. The van der Waals surface area contributed by atoms with E-state index in [9.17, 15) is 5.11 Å². The number of aryl methyl sites for hydroxylation is 1. The summed E-state index contributed by atoms with van der Waals surface area (Å²) in [5, 5.41) is 19.1. The van der Waals surface area contributed by atoms with E-state index < -0.39 is 0 Å². The molecule has 3 saturated heterocycles. The van der Waals surface area contributed by atoms with Crippen LogP contribution in [0.4, 0.5) is 0 Å². The Labute approximate surface area is 147 Å². The third kappa shape index (κ3) is 4.14. The first-order valence-corrected chi connectivity index (χ1v) is 9.41. The lowest BCUT2D eigenvalue weighted by atomic mass is 9.89. The summed E-state index contributed by atoms with van der Waals surface area (Å²) in [4.78, 5) is 8.05. The van der Waals surface area contributed by atoms with Crippen LogP contribution in [0.25, 0.3) is 10.6 Å². The number of fused-ring (bicyclic) bond motifs is 3. The predicted octanol–water partition coefficient (Wildman–Crippen LogP) is 4.05. The average molecular weight is 341 g/mol. The number of rotatable bonds is 2. The van der Waals surface area contributed by atoms with Crippen molar-refractivity contribution in [2.45, 2.75) is 32.6 Å². The van der Waals surface area contributed by atoms with Crippen LogP contribution in [0.5, 0.6) is 5.75 Å². The fourth-order valence-electron chi connectivity index (χ4n) is 3.27. The first-order valence-electron chi connectivity index (χ1n) is 8.59. The van der Waals surface area contributed by atoms with Gasteiger partial charge in [0.05, 0.1) is 11.6 Å². The summed E-state index contributed by atoms with van der Waals surface area (Å²) >= 11 is 1.58. The molecule has 3 aliphatic rings. The second-order valence-corrected chi connectivity index (χ2v) is 7.55. The smallest absolute Gasteiger partial charge is 0.123 e. The number of hydrogen-bond acceptors (Lipinski definition) is 5. The maximum Gasteiger partial charge on any atom is 0.123 e. The van der Waals surface area contributed by atoms with Gasteiger partial charge in [-0.15, -0.1) is 11.3 Å². The summed E-state index contributed by atoms with van der Waals surface area (Å²) < 4.78 is 0. The summed E-state index contributed by atoms with van der Waals surface area (Å²) in [5.41, 5.74) is 1.24. The van der Waals surface area contributed by atoms with Crippen molar-refractivity contribution in [2.75, 3.05) is 19.6 Å². The number of benzene rings is 1. The number of aromatic nitrogens is 1. The SMILES string of the molecule is C1CN2CCC1CC2.CCc1cnc(-c2cc(O)cc(C#N)c2)s1. The highest BCUT2D eigenvalue weighted by Crippen LogP contribution is 2.29. The molecule has 5 rings (SSSR count). The van der Waals surface area contributed by atoms with Gasteiger partial charge in [-0.05, 0) is 69.4 Å². The minimum atomic E-state index is 0.0994. The van der Waals surface area contributed by atoms with Crippen LogP contribution in [0, 0.1) is 17.2 Å². The molecule has 0 unspecified atom stereocenters. The lowest BCUT2D eigenvalue weighted by Gasteiger charge is -2.38. The van der Waals surface area contributed by atoms with Gasteiger partial charge in [-0.25, -0.2) is 4.98 Å². The maximum absolute atomic E-state index is 9.48. The van der Waals surface area contributed by atoms with Crippen molar-refractivity contribution in [3.05, 3.63) is 34.8 Å². The quantitative estimate of drug-likeness (QED) is 0.895.